The third-order valence-corrected chi connectivity index (χ3v) is 4.65. The van der Waals surface area contributed by atoms with Gasteiger partial charge in [0.25, 0.3) is 11.6 Å². The molecule has 0 aliphatic carbocycles. The Labute approximate surface area is 162 Å². The lowest BCUT2D eigenvalue weighted by atomic mass is 10.1. The molecule has 0 spiro atoms. The SMILES string of the molecule is CN(C)c1ccc([N+](=O)[O-])cc1C(=O)Nc1cccc(CN2CCCC2=O)c1. The fourth-order valence-corrected chi connectivity index (χ4v) is 3.25. The molecule has 2 amide bonds. The summed E-state index contributed by atoms with van der Waals surface area (Å²) in [5, 5.41) is 13.9. The Hall–Kier alpha value is -3.42. The molecular formula is C20H22N4O4. The van der Waals surface area contributed by atoms with E-state index in [1.807, 2.05) is 18.2 Å². The maximum absolute atomic E-state index is 12.8. The topological polar surface area (TPSA) is 95.8 Å². The number of nitro groups is 1. The normalized spacial score (nSPS) is 13.5. The molecule has 1 heterocycles. The van der Waals surface area contributed by atoms with Crippen molar-refractivity contribution < 1.29 is 14.5 Å². The highest BCUT2D eigenvalue weighted by molar-refractivity contribution is 6.08. The van der Waals surface area contributed by atoms with Gasteiger partial charge in [0, 0.05) is 57.1 Å². The fourth-order valence-electron chi connectivity index (χ4n) is 3.25. The van der Waals surface area contributed by atoms with E-state index in [1.54, 1.807) is 36.0 Å². The Bertz CT molecular complexity index is 926. The van der Waals surface area contributed by atoms with Gasteiger partial charge in [-0.15, -0.1) is 0 Å². The quantitative estimate of drug-likeness (QED) is 0.612. The number of likely N-dealkylation sites (tertiary alicyclic amines) is 1. The van der Waals surface area contributed by atoms with E-state index in [4.69, 9.17) is 0 Å². The Morgan fingerprint density at radius 3 is 2.68 bits per heavy atom. The van der Waals surface area contributed by atoms with Gasteiger partial charge in [-0.05, 0) is 30.2 Å². The van der Waals surface area contributed by atoms with Crippen LogP contribution in [-0.4, -0.2) is 42.3 Å². The number of carbonyl (C=O) groups excluding carboxylic acids is 2. The summed E-state index contributed by atoms with van der Waals surface area (Å²) in [6, 6.07) is 11.5. The second-order valence-electron chi connectivity index (χ2n) is 6.93. The third-order valence-electron chi connectivity index (χ3n) is 4.65. The molecule has 0 aromatic heterocycles. The summed E-state index contributed by atoms with van der Waals surface area (Å²) in [5.41, 5.74) is 2.16. The lowest BCUT2D eigenvalue weighted by Crippen LogP contribution is -2.24. The van der Waals surface area contributed by atoms with Gasteiger partial charge < -0.3 is 15.1 Å². The molecule has 2 aromatic rings. The van der Waals surface area contributed by atoms with Crippen LogP contribution in [0.15, 0.2) is 42.5 Å². The van der Waals surface area contributed by atoms with Gasteiger partial charge in [-0.1, -0.05) is 12.1 Å². The monoisotopic (exact) mass is 382 g/mol. The van der Waals surface area contributed by atoms with E-state index in [0.717, 1.165) is 18.5 Å². The standard InChI is InChI=1S/C20H22N4O4/c1-22(2)18-9-8-16(24(27)28)12-17(18)20(26)21-15-6-3-5-14(11-15)13-23-10-4-7-19(23)25/h3,5-6,8-9,11-12H,4,7,10,13H2,1-2H3,(H,21,26). The van der Waals surface area contributed by atoms with Gasteiger partial charge in [-0.25, -0.2) is 0 Å². The van der Waals surface area contributed by atoms with Crippen LogP contribution in [0.3, 0.4) is 0 Å². The smallest absolute Gasteiger partial charge is 0.270 e. The van der Waals surface area contributed by atoms with E-state index in [9.17, 15) is 19.7 Å². The van der Waals surface area contributed by atoms with Crippen molar-refractivity contribution >= 4 is 28.9 Å². The molecule has 1 saturated heterocycles. The van der Waals surface area contributed by atoms with Crippen LogP contribution in [0.25, 0.3) is 0 Å². The van der Waals surface area contributed by atoms with Crippen LogP contribution < -0.4 is 10.2 Å². The summed E-state index contributed by atoms with van der Waals surface area (Å²) in [6.45, 7) is 1.25. The first-order chi connectivity index (χ1) is 13.3. The largest absolute Gasteiger partial charge is 0.377 e. The molecule has 0 bridgehead atoms. The summed E-state index contributed by atoms with van der Waals surface area (Å²) in [6.07, 6.45) is 1.45. The summed E-state index contributed by atoms with van der Waals surface area (Å²) in [7, 11) is 3.54. The van der Waals surface area contributed by atoms with Crippen LogP contribution in [0.4, 0.5) is 17.1 Å². The summed E-state index contributed by atoms with van der Waals surface area (Å²) in [4.78, 5) is 38.7. The zero-order valence-electron chi connectivity index (χ0n) is 15.8. The molecule has 1 N–H and O–H groups in total. The second-order valence-corrected chi connectivity index (χ2v) is 6.93. The first kappa shape index (κ1) is 19.3. The van der Waals surface area contributed by atoms with E-state index >= 15 is 0 Å². The molecule has 1 aliphatic heterocycles. The van der Waals surface area contributed by atoms with E-state index < -0.39 is 10.8 Å². The molecule has 146 valence electrons. The van der Waals surface area contributed by atoms with Crippen molar-refractivity contribution in [3.05, 3.63) is 63.7 Å². The Morgan fingerprint density at radius 1 is 1.25 bits per heavy atom. The van der Waals surface area contributed by atoms with Crippen molar-refractivity contribution in [3.63, 3.8) is 0 Å². The van der Waals surface area contributed by atoms with E-state index in [-0.39, 0.29) is 17.2 Å². The van der Waals surface area contributed by atoms with Gasteiger partial charge in [-0.3, -0.25) is 19.7 Å². The second kappa shape index (κ2) is 8.08. The number of hydrogen-bond donors (Lipinski definition) is 1. The number of benzene rings is 2. The number of hydrogen-bond acceptors (Lipinski definition) is 5. The van der Waals surface area contributed by atoms with Gasteiger partial charge in [-0.2, -0.15) is 0 Å². The molecule has 2 aromatic carbocycles. The molecular weight excluding hydrogens is 360 g/mol. The van der Waals surface area contributed by atoms with Gasteiger partial charge in [0.2, 0.25) is 5.91 Å². The number of nitrogens with zero attached hydrogens (tertiary/aromatic N) is 3. The number of amides is 2. The first-order valence-corrected chi connectivity index (χ1v) is 8.99. The Kier molecular flexibility index (Phi) is 5.58. The zero-order chi connectivity index (χ0) is 20.3. The molecule has 0 radical (unpaired) electrons. The fraction of sp³-hybridized carbons (Fsp3) is 0.300. The predicted molar refractivity (Wildman–Crippen MR) is 106 cm³/mol. The lowest BCUT2D eigenvalue weighted by Gasteiger charge is -2.18. The van der Waals surface area contributed by atoms with E-state index in [1.165, 1.54) is 12.1 Å². The number of carbonyl (C=O) groups is 2. The van der Waals surface area contributed by atoms with E-state index in [0.29, 0.717) is 24.3 Å². The zero-order valence-corrected chi connectivity index (χ0v) is 15.8. The summed E-state index contributed by atoms with van der Waals surface area (Å²) < 4.78 is 0. The van der Waals surface area contributed by atoms with Gasteiger partial charge >= 0.3 is 0 Å². The third kappa shape index (κ3) is 4.28. The number of anilines is 2. The number of non-ortho nitro benzene ring substituents is 1. The van der Waals surface area contributed by atoms with Crippen molar-refractivity contribution in [3.8, 4) is 0 Å². The minimum absolute atomic E-state index is 0.140. The minimum Gasteiger partial charge on any atom is -0.377 e. The maximum atomic E-state index is 12.8. The molecule has 0 atom stereocenters. The van der Waals surface area contributed by atoms with E-state index in [2.05, 4.69) is 5.32 Å². The average molecular weight is 382 g/mol. The number of nitro benzene ring substituents is 1. The molecule has 8 heteroatoms. The summed E-state index contributed by atoms with van der Waals surface area (Å²) >= 11 is 0. The van der Waals surface area contributed by atoms with Crippen molar-refractivity contribution in [1.29, 1.82) is 0 Å². The molecule has 8 nitrogen and oxygen atoms in total. The molecule has 0 saturated carbocycles. The van der Waals surface area contributed by atoms with Crippen LogP contribution in [0.5, 0.6) is 0 Å². The highest BCUT2D eigenvalue weighted by Crippen LogP contribution is 2.25. The van der Waals surface area contributed by atoms with Crippen LogP contribution in [0, 0.1) is 10.1 Å². The summed E-state index contributed by atoms with van der Waals surface area (Å²) in [5.74, 6) is -0.288. The highest BCUT2D eigenvalue weighted by atomic mass is 16.6. The average Bonchev–Trinajstić information content (AvgIpc) is 3.06. The maximum Gasteiger partial charge on any atom is 0.270 e. The van der Waals surface area contributed by atoms with Crippen molar-refractivity contribution in [2.24, 2.45) is 0 Å². The molecule has 1 fully saturated rings. The van der Waals surface area contributed by atoms with Crippen molar-refractivity contribution in [1.82, 2.24) is 4.90 Å². The van der Waals surface area contributed by atoms with Gasteiger partial charge in [0.15, 0.2) is 0 Å². The first-order valence-electron chi connectivity index (χ1n) is 8.99. The van der Waals surface area contributed by atoms with Crippen molar-refractivity contribution in [2.45, 2.75) is 19.4 Å². The van der Waals surface area contributed by atoms with Gasteiger partial charge in [0.05, 0.1) is 10.5 Å². The number of rotatable bonds is 6. The lowest BCUT2D eigenvalue weighted by molar-refractivity contribution is -0.384. The number of nitrogens with one attached hydrogen (secondary N) is 1. The van der Waals surface area contributed by atoms with Crippen LogP contribution >= 0.6 is 0 Å². The molecule has 28 heavy (non-hydrogen) atoms. The molecule has 0 unspecified atom stereocenters. The van der Waals surface area contributed by atoms with Crippen LogP contribution in [-0.2, 0) is 11.3 Å². The molecule has 3 rings (SSSR count). The van der Waals surface area contributed by atoms with Gasteiger partial charge in [0.1, 0.15) is 0 Å². The predicted octanol–water partition coefficient (Wildman–Crippen LogP) is 3.04. The minimum atomic E-state index is -0.524. The van der Waals surface area contributed by atoms with Crippen molar-refractivity contribution in [2.75, 3.05) is 30.9 Å². The Balaban J connectivity index is 1.81. The Morgan fingerprint density at radius 2 is 2.04 bits per heavy atom. The van der Waals surface area contributed by atoms with Crippen LogP contribution in [0.1, 0.15) is 28.8 Å². The van der Waals surface area contributed by atoms with Crippen LogP contribution in [0.2, 0.25) is 0 Å². The highest BCUT2D eigenvalue weighted by Gasteiger charge is 2.21. The molecule has 1 aliphatic rings.